The van der Waals surface area contributed by atoms with E-state index >= 15 is 0 Å². The van der Waals surface area contributed by atoms with E-state index in [0.29, 0.717) is 6.07 Å². The van der Waals surface area contributed by atoms with Gasteiger partial charge < -0.3 is 4.57 Å². The Bertz CT molecular complexity index is 854. The zero-order chi connectivity index (χ0) is 19.6. The average molecular weight is 368 g/mol. The summed E-state index contributed by atoms with van der Waals surface area (Å²) in [5.41, 5.74) is 3.41. The second-order valence-electron chi connectivity index (χ2n) is 6.15. The van der Waals surface area contributed by atoms with Crippen molar-refractivity contribution >= 4 is 17.6 Å². The molecular weight excluding hydrogens is 349 g/mol. The standard InChI is InChI=1S/C17H19F3N4O2/c1-10(2)23-11(3)7-13(12(23)4)9-21-22-15-6-5-14(17(18,19)20)8-16(15)24(25)26/h5-10,22H,1-4H3/b21-9-. The van der Waals surface area contributed by atoms with Gasteiger partial charge in [-0.1, -0.05) is 0 Å². The van der Waals surface area contributed by atoms with Crippen LogP contribution in [0, 0.1) is 24.0 Å². The molecule has 1 aromatic carbocycles. The second-order valence-corrected chi connectivity index (χ2v) is 6.15. The van der Waals surface area contributed by atoms with Gasteiger partial charge in [0.15, 0.2) is 0 Å². The first-order chi connectivity index (χ1) is 12.0. The third kappa shape index (κ3) is 4.04. The molecule has 0 saturated carbocycles. The second kappa shape index (κ2) is 7.19. The van der Waals surface area contributed by atoms with Crippen LogP contribution in [0.3, 0.4) is 0 Å². The zero-order valence-electron chi connectivity index (χ0n) is 14.8. The maximum absolute atomic E-state index is 12.7. The monoisotopic (exact) mass is 368 g/mol. The molecule has 26 heavy (non-hydrogen) atoms. The summed E-state index contributed by atoms with van der Waals surface area (Å²) in [4.78, 5) is 10.2. The lowest BCUT2D eigenvalue weighted by molar-refractivity contribution is -0.384. The topological polar surface area (TPSA) is 72.5 Å². The quantitative estimate of drug-likeness (QED) is 0.455. The third-order valence-electron chi connectivity index (χ3n) is 3.95. The number of hydrogen-bond acceptors (Lipinski definition) is 4. The molecule has 0 fully saturated rings. The number of halogens is 3. The lowest BCUT2D eigenvalue weighted by Gasteiger charge is -2.13. The predicted octanol–water partition coefficient (Wildman–Crippen LogP) is 5.06. The zero-order valence-corrected chi connectivity index (χ0v) is 14.8. The van der Waals surface area contributed by atoms with Gasteiger partial charge in [-0.15, -0.1) is 0 Å². The highest BCUT2D eigenvalue weighted by atomic mass is 19.4. The van der Waals surface area contributed by atoms with Crippen LogP contribution < -0.4 is 5.43 Å². The molecule has 140 valence electrons. The molecule has 1 heterocycles. The van der Waals surface area contributed by atoms with Crippen molar-refractivity contribution in [3.8, 4) is 0 Å². The number of nitro groups is 1. The Kier molecular flexibility index (Phi) is 5.38. The molecule has 1 aromatic heterocycles. The molecule has 0 saturated heterocycles. The molecule has 0 atom stereocenters. The van der Waals surface area contributed by atoms with E-state index in [4.69, 9.17) is 0 Å². The van der Waals surface area contributed by atoms with Crippen LogP contribution in [0.25, 0.3) is 0 Å². The highest BCUT2D eigenvalue weighted by molar-refractivity contribution is 5.82. The van der Waals surface area contributed by atoms with Gasteiger partial charge in [0.05, 0.1) is 16.7 Å². The van der Waals surface area contributed by atoms with Crippen molar-refractivity contribution in [2.24, 2.45) is 5.10 Å². The fourth-order valence-electron chi connectivity index (χ4n) is 2.85. The van der Waals surface area contributed by atoms with E-state index in [2.05, 4.69) is 15.1 Å². The number of benzene rings is 1. The van der Waals surface area contributed by atoms with Crippen molar-refractivity contribution < 1.29 is 18.1 Å². The Hall–Kier alpha value is -2.84. The molecule has 6 nitrogen and oxygen atoms in total. The van der Waals surface area contributed by atoms with Gasteiger partial charge in [-0.3, -0.25) is 15.5 Å². The van der Waals surface area contributed by atoms with Gasteiger partial charge in [-0.25, -0.2) is 0 Å². The molecule has 0 aliphatic rings. The van der Waals surface area contributed by atoms with Crippen molar-refractivity contribution in [3.05, 3.63) is 56.9 Å². The summed E-state index contributed by atoms with van der Waals surface area (Å²) in [7, 11) is 0. The van der Waals surface area contributed by atoms with Gasteiger partial charge in [0.1, 0.15) is 5.69 Å². The molecule has 1 N–H and O–H groups in total. The van der Waals surface area contributed by atoms with Crippen LogP contribution in [0.2, 0.25) is 0 Å². The number of nitrogens with one attached hydrogen (secondary N) is 1. The largest absolute Gasteiger partial charge is 0.416 e. The van der Waals surface area contributed by atoms with E-state index in [9.17, 15) is 23.3 Å². The Morgan fingerprint density at radius 2 is 1.92 bits per heavy atom. The van der Waals surface area contributed by atoms with Crippen LogP contribution >= 0.6 is 0 Å². The van der Waals surface area contributed by atoms with E-state index in [-0.39, 0.29) is 11.7 Å². The lowest BCUT2D eigenvalue weighted by Crippen LogP contribution is -2.07. The summed E-state index contributed by atoms with van der Waals surface area (Å²) in [6, 6.07) is 4.44. The van der Waals surface area contributed by atoms with Crippen molar-refractivity contribution in [1.29, 1.82) is 0 Å². The van der Waals surface area contributed by atoms with Crippen LogP contribution in [-0.4, -0.2) is 15.7 Å². The van der Waals surface area contributed by atoms with Crippen molar-refractivity contribution in [2.75, 3.05) is 5.43 Å². The number of hydrogen-bond donors (Lipinski definition) is 1. The average Bonchev–Trinajstić information content (AvgIpc) is 2.80. The van der Waals surface area contributed by atoms with E-state index in [1.54, 1.807) is 0 Å². The number of nitrogens with zero attached hydrogens (tertiary/aromatic N) is 3. The van der Waals surface area contributed by atoms with E-state index in [1.165, 1.54) is 6.21 Å². The van der Waals surface area contributed by atoms with Crippen LogP contribution in [0.1, 0.15) is 42.4 Å². The molecule has 0 aliphatic carbocycles. The van der Waals surface area contributed by atoms with Gasteiger partial charge in [0, 0.05) is 29.1 Å². The maximum atomic E-state index is 12.7. The van der Waals surface area contributed by atoms with Gasteiger partial charge in [-0.2, -0.15) is 18.3 Å². The maximum Gasteiger partial charge on any atom is 0.416 e. The molecule has 2 rings (SSSR count). The number of aromatic nitrogens is 1. The van der Waals surface area contributed by atoms with Crippen LogP contribution in [0.4, 0.5) is 24.5 Å². The summed E-state index contributed by atoms with van der Waals surface area (Å²) < 4.78 is 40.2. The molecule has 0 radical (unpaired) electrons. The summed E-state index contributed by atoms with van der Waals surface area (Å²) in [6.07, 6.45) is -3.16. The Morgan fingerprint density at radius 1 is 1.27 bits per heavy atom. The van der Waals surface area contributed by atoms with Gasteiger partial charge in [-0.05, 0) is 45.9 Å². The molecule has 0 aliphatic heterocycles. The number of nitro benzene ring substituents is 1. The molecule has 2 aromatic rings. The first-order valence-electron chi connectivity index (χ1n) is 7.85. The van der Waals surface area contributed by atoms with Crippen LogP contribution in [-0.2, 0) is 6.18 Å². The summed E-state index contributed by atoms with van der Waals surface area (Å²) in [6.45, 7) is 7.98. The SMILES string of the molecule is Cc1cc(/C=N\Nc2ccc(C(F)(F)F)cc2[N+](=O)[O-])c(C)n1C(C)C. The molecule has 0 spiro atoms. The van der Waals surface area contributed by atoms with E-state index in [0.717, 1.165) is 29.1 Å². The van der Waals surface area contributed by atoms with E-state index < -0.39 is 22.4 Å². The van der Waals surface area contributed by atoms with Crippen molar-refractivity contribution in [3.63, 3.8) is 0 Å². The summed E-state index contributed by atoms with van der Waals surface area (Å²) >= 11 is 0. The Morgan fingerprint density at radius 3 is 2.42 bits per heavy atom. The molecule has 9 heteroatoms. The number of hydrazone groups is 1. The summed E-state index contributed by atoms with van der Waals surface area (Å²) in [5, 5.41) is 15.0. The van der Waals surface area contributed by atoms with Crippen molar-refractivity contribution in [2.45, 2.75) is 39.9 Å². The highest BCUT2D eigenvalue weighted by Gasteiger charge is 2.33. The van der Waals surface area contributed by atoms with Gasteiger partial charge >= 0.3 is 6.18 Å². The number of alkyl halides is 3. The normalized spacial score (nSPS) is 12.2. The highest BCUT2D eigenvalue weighted by Crippen LogP contribution is 2.35. The Labute approximate surface area is 148 Å². The van der Waals surface area contributed by atoms with Crippen LogP contribution in [0.5, 0.6) is 0 Å². The molecule has 0 unspecified atom stereocenters. The lowest BCUT2D eigenvalue weighted by atomic mass is 10.1. The minimum Gasteiger partial charge on any atom is -0.346 e. The van der Waals surface area contributed by atoms with E-state index in [1.807, 2.05) is 33.8 Å². The van der Waals surface area contributed by atoms with Crippen LogP contribution in [0.15, 0.2) is 29.4 Å². The third-order valence-corrected chi connectivity index (χ3v) is 3.95. The first kappa shape index (κ1) is 19.5. The van der Waals surface area contributed by atoms with Gasteiger partial charge in [0.2, 0.25) is 0 Å². The number of aryl methyl sites for hydroxylation is 1. The summed E-state index contributed by atoms with van der Waals surface area (Å²) in [5.74, 6) is 0. The molecule has 0 amide bonds. The fourth-order valence-corrected chi connectivity index (χ4v) is 2.85. The number of rotatable bonds is 5. The molecular formula is C17H19F3N4O2. The van der Waals surface area contributed by atoms with Gasteiger partial charge in [0.25, 0.3) is 5.69 Å². The predicted molar refractivity (Wildman–Crippen MR) is 93.6 cm³/mol. The first-order valence-corrected chi connectivity index (χ1v) is 7.85. The van der Waals surface area contributed by atoms with Crippen molar-refractivity contribution in [1.82, 2.24) is 4.57 Å². The number of anilines is 1. The minimum absolute atomic E-state index is 0.114. The Balaban J connectivity index is 2.28. The fraction of sp³-hybridized carbons (Fsp3) is 0.353. The smallest absolute Gasteiger partial charge is 0.346 e. The molecule has 0 bridgehead atoms. The minimum atomic E-state index is -4.65.